The molecule has 1 saturated heterocycles. The number of carboxylic acids is 1. The lowest BCUT2D eigenvalue weighted by atomic mass is 9.76. The van der Waals surface area contributed by atoms with E-state index in [1.54, 1.807) is 6.92 Å². The average molecular weight is 299 g/mol. The number of nitrogens with one attached hydrogen (secondary N) is 2. The molecule has 0 saturated carbocycles. The first kappa shape index (κ1) is 17.3. The third kappa shape index (κ3) is 4.61. The van der Waals surface area contributed by atoms with Crippen LogP contribution in [0.3, 0.4) is 0 Å². The zero-order valence-electron chi connectivity index (χ0n) is 12.8. The molecule has 1 aliphatic heterocycles. The van der Waals surface area contributed by atoms with Crippen molar-refractivity contribution in [1.82, 2.24) is 15.5 Å². The number of carbonyl (C=O) groups excluding carboxylic acids is 2. The number of aliphatic carboxylic acids is 1. The predicted octanol–water partition coefficient (Wildman–Crippen LogP) is 0.799. The summed E-state index contributed by atoms with van der Waals surface area (Å²) in [5.41, 5.74) is -0.851. The minimum atomic E-state index is -0.851. The summed E-state index contributed by atoms with van der Waals surface area (Å²) in [5, 5.41) is 14.6. The number of carboxylic acid groups (broad SMARTS) is 1. The summed E-state index contributed by atoms with van der Waals surface area (Å²) in [6, 6.07) is -0.373. The van der Waals surface area contributed by atoms with Crippen molar-refractivity contribution in [2.24, 2.45) is 5.41 Å². The summed E-state index contributed by atoms with van der Waals surface area (Å²) in [5.74, 6) is -1.09. The first-order valence-electron chi connectivity index (χ1n) is 7.48. The fraction of sp³-hybridized carbons (Fsp3) is 0.786. The van der Waals surface area contributed by atoms with E-state index in [-0.39, 0.29) is 25.0 Å². The van der Waals surface area contributed by atoms with Crippen molar-refractivity contribution < 1.29 is 19.5 Å². The Kier molecular flexibility index (Phi) is 6.45. The molecule has 0 aromatic heterocycles. The van der Waals surface area contributed by atoms with Gasteiger partial charge in [-0.3, -0.25) is 9.59 Å². The zero-order valence-corrected chi connectivity index (χ0v) is 12.8. The van der Waals surface area contributed by atoms with E-state index in [1.807, 2.05) is 6.92 Å². The highest BCUT2D eigenvalue weighted by molar-refractivity contribution is 5.84. The molecule has 1 heterocycles. The first-order valence-corrected chi connectivity index (χ1v) is 7.48. The van der Waals surface area contributed by atoms with Crippen LogP contribution in [0.1, 0.15) is 39.5 Å². The van der Waals surface area contributed by atoms with Gasteiger partial charge < -0.3 is 20.6 Å². The van der Waals surface area contributed by atoms with E-state index in [1.165, 1.54) is 4.90 Å². The molecule has 1 fully saturated rings. The lowest BCUT2D eigenvalue weighted by Crippen LogP contribution is -2.53. The lowest BCUT2D eigenvalue weighted by Gasteiger charge is -2.39. The van der Waals surface area contributed by atoms with E-state index in [0.717, 1.165) is 6.42 Å². The van der Waals surface area contributed by atoms with Crippen LogP contribution in [-0.2, 0) is 9.59 Å². The van der Waals surface area contributed by atoms with Gasteiger partial charge in [0.25, 0.3) is 0 Å². The fourth-order valence-corrected chi connectivity index (χ4v) is 2.80. The molecule has 0 spiro atoms. The van der Waals surface area contributed by atoms with Crippen LogP contribution in [0.2, 0.25) is 0 Å². The van der Waals surface area contributed by atoms with Gasteiger partial charge in [0.1, 0.15) is 0 Å². The minimum absolute atomic E-state index is 0.0863. The number of hydrogen-bond donors (Lipinski definition) is 3. The van der Waals surface area contributed by atoms with Crippen molar-refractivity contribution in [3.63, 3.8) is 0 Å². The molecule has 1 unspecified atom stereocenters. The normalized spacial score (nSPS) is 21.7. The van der Waals surface area contributed by atoms with E-state index in [2.05, 4.69) is 10.6 Å². The summed E-state index contributed by atoms with van der Waals surface area (Å²) in [6.45, 7) is 4.90. The highest BCUT2D eigenvalue weighted by Crippen LogP contribution is 2.35. The van der Waals surface area contributed by atoms with Crippen LogP contribution < -0.4 is 10.6 Å². The van der Waals surface area contributed by atoms with Crippen molar-refractivity contribution in [2.45, 2.75) is 39.5 Å². The van der Waals surface area contributed by atoms with E-state index >= 15 is 0 Å². The Morgan fingerprint density at radius 1 is 1.24 bits per heavy atom. The summed E-state index contributed by atoms with van der Waals surface area (Å²) in [4.78, 5) is 36.5. The number of hydrogen-bond acceptors (Lipinski definition) is 3. The standard InChI is InChI=1S/C14H25N3O4/c1-3-6-14(12(19)20)7-5-8-17(10-14)13(21)16-9-11(18)15-4-2/h3-10H2,1-2H3,(H,15,18)(H,16,21)(H,19,20). The topological polar surface area (TPSA) is 98.7 Å². The van der Waals surface area contributed by atoms with E-state index < -0.39 is 11.4 Å². The van der Waals surface area contributed by atoms with Gasteiger partial charge in [-0.2, -0.15) is 0 Å². The molecule has 0 aliphatic carbocycles. The van der Waals surface area contributed by atoms with Crippen LogP contribution in [0.25, 0.3) is 0 Å². The highest BCUT2D eigenvalue weighted by atomic mass is 16.4. The summed E-state index contributed by atoms with van der Waals surface area (Å²) in [7, 11) is 0. The summed E-state index contributed by atoms with van der Waals surface area (Å²) >= 11 is 0. The van der Waals surface area contributed by atoms with Gasteiger partial charge in [-0.05, 0) is 26.2 Å². The molecule has 1 atom stereocenters. The van der Waals surface area contributed by atoms with Crippen LogP contribution in [-0.4, -0.2) is 54.1 Å². The van der Waals surface area contributed by atoms with Crippen LogP contribution in [0.4, 0.5) is 4.79 Å². The zero-order chi connectivity index (χ0) is 15.9. The van der Waals surface area contributed by atoms with Crippen LogP contribution in [0, 0.1) is 5.41 Å². The number of urea groups is 1. The number of piperidine rings is 1. The Hall–Kier alpha value is -1.79. The quantitative estimate of drug-likeness (QED) is 0.675. The maximum Gasteiger partial charge on any atom is 0.317 e. The van der Waals surface area contributed by atoms with Crippen molar-refractivity contribution >= 4 is 17.9 Å². The average Bonchev–Trinajstić information content (AvgIpc) is 2.45. The largest absolute Gasteiger partial charge is 0.481 e. The van der Waals surface area contributed by atoms with Crippen LogP contribution in [0.15, 0.2) is 0 Å². The van der Waals surface area contributed by atoms with Gasteiger partial charge in [-0.15, -0.1) is 0 Å². The van der Waals surface area contributed by atoms with Crippen molar-refractivity contribution in [3.05, 3.63) is 0 Å². The van der Waals surface area contributed by atoms with Gasteiger partial charge in [0.15, 0.2) is 0 Å². The Labute approximate surface area is 125 Å². The number of likely N-dealkylation sites (tertiary alicyclic amines) is 1. The van der Waals surface area contributed by atoms with Gasteiger partial charge in [0.05, 0.1) is 12.0 Å². The molecule has 1 rings (SSSR count). The Balaban J connectivity index is 2.60. The molecule has 0 aromatic carbocycles. The molecule has 1 aliphatic rings. The van der Waals surface area contributed by atoms with E-state index in [9.17, 15) is 19.5 Å². The maximum atomic E-state index is 12.1. The summed E-state index contributed by atoms with van der Waals surface area (Å²) < 4.78 is 0. The van der Waals surface area contributed by atoms with Gasteiger partial charge in [-0.25, -0.2) is 4.79 Å². The maximum absolute atomic E-state index is 12.1. The second kappa shape index (κ2) is 7.85. The molecule has 0 aromatic rings. The van der Waals surface area contributed by atoms with Gasteiger partial charge in [0.2, 0.25) is 5.91 Å². The molecule has 3 N–H and O–H groups in total. The summed E-state index contributed by atoms with van der Waals surface area (Å²) in [6.07, 6.45) is 2.58. The molecule has 7 heteroatoms. The molecule has 120 valence electrons. The first-order chi connectivity index (χ1) is 9.95. The van der Waals surface area contributed by atoms with Gasteiger partial charge >= 0.3 is 12.0 Å². The number of rotatable bonds is 6. The highest BCUT2D eigenvalue weighted by Gasteiger charge is 2.42. The van der Waals surface area contributed by atoms with Crippen molar-refractivity contribution in [1.29, 1.82) is 0 Å². The van der Waals surface area contributed by atoms with Gasteiger partial charge in [0, 0.05) is 19.6 Å². The third-order valence-corrected chi connectivity index (χ3v) is 3.82. The SMILES string of the molecule is CCCC1(C(=O)O)CCCN(C(=O)NCC(=O)NCC)C1. The van der Waals surface area contributed by atoms with E-state index in [4.69, 9.17) is 0 Å². The van der Waals surface area contributed by atoms with E-state index in [0.29, 0.717) is 32.4 Å². The Bertz CT molecular complexity index is 396. The number of carbonyl (C=O) groups is 3. The number of likely N-dealkylation sites (N-methyl/N-ethyl adjacent to an activating group) is 1. The Morgan fingerprint density at radius 3 is 2.52 bits per heavy atom. The van der Waals surface area contributed by atoms with Gasteiger partial charge in [-0.1, -0.05) is 13.3 Å². The lowest BCUT2D eigenvalue weighted by molar-refractivity contribution is -0.152. The van der Waals surface area contributed by atoms with Crippen LogP contribution in [0.5, 0.6) is 0 Å². The second-order valence-corrected chi connectivity index (χ2v) is 5.47. The third-order valence-electron chi connectivity index (χ3n) is 3.82. The Morgan fingerprint density at radius 2 is 1.95 bits per heavy atom. The monoisotopic (exact) mass is 299 g/mol. The van der Waals surface area contributed by atoms with Crippen LogP contribution >= 0.6 is 0 Å². The molecule has 0 radical (unpaired) electrons. The molecule has 0 bridgehead atoms. The molecule has 21 heavy (non-hydrogen) atoms. The number of nitrogens with zero attached hydrogens (tertiary/aromatic N) is 1. The second-order valence-electron chi connectivity index (χ2n) is 5.47. The van der Waals surface area contributed by atoms with Crippen molar-refractivity contribution in [3.8, 4) is 0 Å². The van der Waals surface area contributed by atoms with Crippen molar-refractivity contribution in [2.75, 3.05) is 26.2 Å². The molecule has 3 amide bonds. The predicted molar refractivity (Wildman–Crippen MR) is 77.9 cm³/mol. The number of amides is 3. The molecular weight excluding hydrogens is 274 g/mol. The molecule has 7 nitrogen and oxygen atoms in total. The minimum Gasteiger partial charge on any atom is -0.481 e. The fourth-order valence-electron chi connectivity index (χ4n) is 2.80. The molecular formula is C14H25N3O4. The smallest absolute Gasteiger partial charge is 0.317 e.